The second-order valence-electron chi connectivity index (χ2n) is 4.92. The highest BCUT2D eigenvalue weighted by atomic mass is 16.5. The number of benzene rings is 1. The lowest BCUT2D eigenvalue weighted by Crippen LogP contribution is -2.36. The van der Waals surface area contributed by atoms with Crippen LogP contribution in [0.15, 0.2) is 27.4 Å². The molecule has 0 atom stereocenters. The lowest BCUT2D eigenvalue weighted by Gasteiger charge is -2.29. The molecular weight excluding hydrogens is 290 g/mol. The monoisotopic (exact) mass is 305 g/mol. The zero-order valence-corrected chi connectivity index (χ0v) is 12.0. The van der Waals surface area contributed by atoms with Crippen molar-refractivity contribution in [1.29, 1.82) is 0 Å². The maximum absolute atomic E-state index is 11.8. The largest absolute Gasteiger partial charge is 0.497 e. The van der Waals surface area contributed by atoms with Crippen molar-refractivity contribution < 1.29 is 23.8 Å². The summed E-state index contributed by atoms with van der Waals surface area (Å²) in [7, 11) is 1.53. The third kappa shape index (κ3) is 2.50. The van der Waals surface area contributed by atoms with Crippen LogP contribution < -0.4 is 15.3 Å². The van der Waals surface area contributed by atoms with Crippen molar-refractivity contribution in [3.8, 4) is 5.75 Å². The molecule has 0 spiro atoms. The SMILES string of the molecule is COc1cc(N2CCOCC2)c2oc(=O)c(C(=O)O)cc2c1. The molecule has 1 aromatic carbocycles. The number of nitrogens with zero attached hydrogens (tertiary/aromatic N) is 1. The number of carboxylic acid groups (broad SMARTS) is 1. The van der Waals surface area contributed by atoms with Gasteiger partial charge in [0.05, 0.1) is 26.0 Å². The van der Waals surface area contributed by atoms with Gasteiger partial charge in [0.15, 0.2) is 5.58 Å². The maximum atomic E-state index is 11.8. The van der Waals surface area contributed by atoms with Gasteiger partial charge in [-0.15, -0.1) is 0 Å². The first-order chi connectivity index (χ1) is 10.6. The molecular formula is C15H15NO6. The molecule has 0 amide bonds. The first-order valence-electron chi connectivity index (χ1n) is 6.82. The lowest BCUT2D eigenvalue weighted by molar-refractivity contribution is 0.0692. The molecule has 2 aromatic rings. The van der Waals surface area contributed by atoms with Gasteiger partial charge in [0, 0.05) is 24.5 Å². The topological polar surface area (TPSA) is 89.2 Å². The van der Waals surface area contributed by atoms with Gasteiger partial charge in [-0.1, -0.05) is 0 Å². The van der Waals surface area contributed by atoms with Gasteiger partial charge in [-0.25, -0.2) is 9.59 Å². The Hall–Kier alpha value is -2.54. The van der Waals surface area contributed by atoms with Crippen molar-refractivity contribution in [2.75, 3.05) is 38.3 Å². The summed E-state index contributed by atoms with van der Waals surface area (Å²) in [5.74, 6) is -0.745. The number of hydrogen-bond donors (Lipinski definition) is 1. The number of anilines is 1. The van der Waals surface area contributed by atoms with E-state index in [0.717, 1.165) is 0 Å². The fourth-order valence-corrected chi connectivity index (χ4v) is 2.50. The lowest BCUT2D eigenvalue weighted by atomic mass is 10.1. The number of rotatable bonds is 3. The van der Waals surface area contributed by atoms with Crippen LogP contribution in [0.3, 0.4) is 0 Å². The second kappa shape index (κ2) is 5.69. The van der Waals surface area contributed by atoms with Crippen molar-refractivity contribution in [1.82, 2.24) is 0 Å². The third-order valence-corrected chi connectivity index (χ3v) is 3.60. The molecule has 0 radical (unpaired) electrons. The highest BCUT2D eigenvalue weighted by molar-refractivity contribution is 5.96. The number of methoxy groups -OCH3 is 1. The van der Waals surface area contributed by atoms with E-state index in [1.165, 1.54) is 13.2 Å². The molecule has 0 bridgehead atoms. The highest BCUT2D eigenvalue weighted by Gasteiger charge is 2.20. The summed E-state index contributed by atoms with van der Waals surface area (Å²) in [6.07, 6.45) is 0. The summed E-state index contributed by atoms with van der Waals surface area (Å²) in [5, 5.41) is 9.56. The summed E-state index contributed by atoms with van der Waals surface area (Å²) < 4.78 is 15.8. The Kier molecular flexibility index (Phi) is 3.72. The van der Waals surface area contributed by atoms with Crippen LogP contribution in [-0.2, 0) is 4.74 Å². The number of carbonyl (C=O) groups is 1. The summed E-state index contributed by atoms with van der Waals surface area (Å²) in [6.45, 7) is 2.48. The minimum atomic E-state index is -1.31. The molecule has 1 fully saturated rings. The summed E-state index contributed by atoms with van der Waals surface area (Å²) in [6, 6.07) is 4.74. The Morgan fingerprint density at radius 3 is 2.64 bits per heavy atom. The van der Waals surface area contributed by atoms with Gasteiger partial charge < -0.3 is 23.9 Å². The Morgan fingerprint density at radius 2 is 2.00 bits per heavy atom. The summed E-state index contributed by atoms with van der Waals surface area (Å²) in [4.78, 5) is 25.0. The third-order valence-electron chi connectivity index (χ3n) is 3.60. The maximum Gasteiger partial charge on any atom is 0.351 e. The molecule has 0 saturated carbocycles. The zero-order chi connectivity index (χ0) is 15.7. The quantitative estimate of drug-likeness (QED) is 0.856. The Balaban J connectivity index is 2.23. The van der Waals surface area contributed by atoms with Crippen LogP contribution in [0.4, 0.5) is 5.69 Å². The van der Waals surface area contributed by atoms with Gasteiger partial charge in [-0.3, -0.25) is 0 Å². The van der Waals surface area contributed by atoms with Crippen molar-refractivity contribution in [3.05, 3.63) is 34.2 Å². The van der Waals surface area contributed by atoms with Crippen molar-refractivity contribution in [2.45, 2.75) is 0 Å². The fraction of sp³-hybridized carbons (Fsp3) is 0.333. The van der Waals surface area contributed by atoms with Gasteiger partial charge >= 0.3 is 11.6 Å². The molecule has 0 aliphatic carbocycles. The van der Waals surface area contributed by atoms with Crippen LogP contribution in [0, 0.1) is 0 Å². The number of hydrogen-bond acceptors (Lipinski definition) is 6. The van der Waals surface area contributed by atoms with Crippen LogP contribution in [0.25, 0.3) is 11.0 Å². The second-order valence-corrected chi connectivity index (χ2v) is 4.92. The molecule has 1 aliphatic heterocycles. The molecule has 1 saturated heterocycles. The van der Waals surface area contributed by atoms with E-state index in [1.807, 2.05) is 4.90 Å². The molecule has 1 aliphatic rings. The van der Waals surface area contributed by atoms with Crippen LogP contribution in [0.5, 0.6) is 5.75 Å². The molecule has 116 valence electrons. The standard InChI is InChI=1S/C15H15NO6/c1-20-10-6-9-7-11(14(17)18)15(19)22-13(9)12(8-10)16-2-4-21-5-3-16/h6-8H,2-5H2,1H3,(H,17,18). The van der Waals surface area contributed by atoms with E-state index in [9.17, 15) is 9.59 Å². The van der Waals surface area contributed by atoms with Crippen LogP contribution in [0.2, 0.25) is 0 Å². The predicted octanol–water partition coefficient (Wildman–Crippen LogP) is 1.34. The van der Waals surface area contributed by atoms with Crippen LogP contribution in [-0.4, -0.2) is 44.5 Å². The van der Waals surface area contributed by atoms with Crippen molar-refractivity contribution in [2.24, 2.45) is 0 Å². The first kappa shape index (κ1) is 14.4. The Bertz CT molecular complexity index is 775. The number of aromatic carboxylic acids is 1. The van der Waals surface area contributed by atoms with Gasteiger partial charge in [-0.05, 0) is 12.1 Å². The molecule has 7 nitrogen and oxygen atoms in total. The minimum absolute atomic E-state index is 0.359. The smallest absolute Gasteiger partial charge is 0.351 e. The zero-order valence-electron chi connectivity index (χ0n) is 12.0. The number of carboxylic acids is 1. The van der Waals surface area contributed by atoms with Gasteiger partial charge in [0.25, 0.3) is 0 Å². The predicted molar refractivity (Wildman–Crippen MR) is 79.0 cm³/mol. The molecule has 1 aromatic heterocycles. The molecule has 3 rings (SSSR count). The molecule has 2 heterocycles. The first-order valence-corrected chi connectivity index (χ1v) is 6.82. The van der Waals surface area contributed by atoms with Gasteiger partial charge in [-0.2, -0.15) is 0 Å². The van der Waals surface area contributed by atoms with Crippen LogP contribution in [0.1, 0.15) is 10.4 Å². The van der Waals surface area contributed by atoms with E-state index in [4.69, 9.17) is 19.0 Å². The number of ether oxygens (including phenoxy) is 2. The van der Waals surface area contributed by atoms with E-state index in [0.29, 0.717) is 48.7 Å². The van der Waals surface area contributed by atoms with E-state index in [-0.39, 0.29) is 0 Å². The average molecular weight is 305 g/mol. The Morgan fingerprint density at radius 1 is 1.27 bits per heavy atom. The normalized spacial score (nSPS) is 15.0. The Labute approximate surface area is 125 Å². The van der Waals surface area contributed by atoms with E-state index < -0.39 is 17.2 Å². The highest BCUT2D eigenvalue weighted by Crippen LogP contribution is 2.32. The van der Waals surface area contributed by atoms with E-state index >= 15 is 0 Å². The molecule has 1 N–H and O–H groups in total. The van der Waals surface area contributed by atoms with Gasteiger partial charge in [0.1, 0.15) is 11.3 Å². The number of morpholine rings is 1. The fourth-order valence-electron chi connectivity index (χ4n) is 2.50. The van der Waals surface area contributed by atoms with Crippen LogP contribution >= 0.6 is 0 Å². The molecule has 0 unspecified atom stereocenters. The van der Waals surface area contributed by atoms with E-state index in [2.05, 4.69) is 0 Å². The summed E-state index contributed by atoms with van der Waals surface area (Å²) >= 11 is 0. The minimum Gasteiger partial charge on any atom is -0.497 e. The number of fused-ring (bicyclic) bond motifs is 1. The average Bonchev–Trinajstić information content (AvgIpc) is 2.54. The molecule has 22 heavy (non-hydrogen) atoms. The van der Waals surface area contributed by atoms with Crippen molar-refractivity contribution in [3.63, 3.8) is 0 Å². The van der Waals surface area contributed by atoms with Gasteiger partial charge in [0.2, 0.25) is 0 Å². The van der Waals surface area contributed by atoms with E-state index in [1.54, 1.807) is 12.1 Å². The molecule has 7 heteroatoms. The summed E-state index contributed by atoms with van der Waals surface area (Å²) in [5.41, 5.74) is -0.197. The van der Waals surface area contributed by atoms with Crippen molar-refractivity contribution >= 4 is 22.6 Å².